The van der Waals surface area contributed by atoms with Gasteiger partial charge in [-0.3, -0.25) is 4.79 Å². The molecule has 0 aliphatic rings. The Kier molecular flexibility index (Phi) is 3.61. The fourth-order valence-electron chi connectivity index (χ4n) is 2.01. The van der Waals surface area contributed by atoms with Crippen LogP contribution >= 0.6 is 11.3 Å². The Bertz CT molecular complexity index is 808. The number of halogens is 3. The zero-order valence-electron chi connectivity index (χ0n) is 11.1. The standard InChI is InChI=1S/C14H10F3N3OS/c15-14(16,17)12-5-1-3-9-7-11(19-20(9)12)13(21)18-8-10-4-2-6-22-10/h1-7H,8H2,(H,18,21). The molecule has 1 amide bonds. The monoisotopic (exact) mass is 325 g/mol. The minimum absolute atomic E-state index is 0.0479. The molecule has 3 aromatic heterocycles. The van der Waals surface area contributed by atoms with Crippen LogP contribution in [0.1, 0.15) is 21.1 Å². The zero-order valence-corrected chi connectivity index (χ0v) is 11.9. The predicted octanol–water partition coefficient (Wildman–Crippen LogP) is 3.34. The number of hydrogen-bond acceptors (Lipinski definition) is 3. The number of carbonyl (C=O) groups excluding carboxylic acids is 1. The number of amides is 1. The highest BCUT2D eigenvalue weighted by Gasteiger charge is 2.34. The van der Waals surface area contributed by atoms with Crippen LogP contribution in [-0.4, -0.2) is 15.5 Å². The third-order valence-corrected chi connectivity index (χ3v) is 3.89. The van der Waals surface area contributed by atoms with Gasteiger partial charge < -0.3 is 5.32 Å². The Balaban J connectivity index is 1.87. The van der Waals surface area contributed by atoms with Crippen molar-refractivity contribution in [2.75, 3.05) is 0 Å². The first-order valence-corrected chi connectivity index (χ1v) is 7.20. The molecular weight excluding hydrogens is 315 g/mol. The molecule has 0 bridgehead atoms. The van der Waals surface area contributed by atoms with E-state index in [1.807, 2.05) is 17.5 Å². The van der Waals surface area contributed by atoms with Crippen molar-refractivity contribution in [2.24, 2.45) is 0 Å². The van der Waals surface area contributed by atoms with Gasteiger partial charge in [-0.05, 0) is 29.6 Å². The van der Waals surface area contributed by atoms with Gasteiger partial charge in [0.15, 0.2) is 5.69 Å². The van der Waals surface area contributed by atoms with Gasteiger partial charge in [0.25, 0.3) is 5.91 Å². The molecule has 0 aromatic carbocycles. The quantitative estimate of drug-likeness (QED) is 0.803. The van der Waals surface area contributed by atoms with E-state index < -0.39 is 17.8 Å². The van der Waals surface area contributed by atoms with Gasteiger partial charge in [-0.1, -0.05) is 12.1 Å². The number of thiophene rings is 1. The second-order valence-electron chi connectivity index (χ2n) is 4.54. The highest BCUT2D eigenvalue weighted by molar-refractivity contribution is 7.09. The van der Waals surface area contributed by atoms with Crippen LogP contribution in [0.25, 0.3) is 5.52 Å². The van der Waals surface area contributed by atoms with Crippen LogP contribution in [0.2, 0.25) is 0 Å². The first-order valence-electron chi connectivity index (χ1n) is 6.32. The Morgan fingerprint density at radius 1 is 1.27 bits per heavy atom. The molecule has 4 nitrogen and oxygen atoms in total. The summed E-state index contributed by atoms with van der Waals surface area (Å²) in [6.07, 6.45) is -4.53. The van der Waals surface area contributed by atoms with Gasteiger partial charge in [0.2, 0.25) is 0 Å². The number of carbonyl (C=O) groups is 1. The molecule has 0 aliphatic carbocycles. The molecule has 0 saturated heterocycles. The topological polar surface area (TPSA) is 46.4 Å². The lowest BCUT2D eigenvalue weighted by Gasteiger charge is -2.07. The molecule has 0 aliphatic heterocycles. The van der Waals surface area contributed by atoms with E-state index in [4.69, 9.17) is 0 Å². The van der Waals surface area contributed by atoms with Gasteiger partial charge in [0.05, 0.1) is 12.1 Å². The smallest absolute Gasteiger partial charge is 0.346 e. The lowest BCUT2D eigenvalue weighted by Crippen LogP contribution is -2.23. The summed E-state index contributed by atoms with van der Waals surface area (Å²) in [5.74, 6) is -0.509. The number of alkyl halides is 3. The first-order chi connectivity index (χ1) is 10.4. The summed E-state index contributed by atoms with van der Waals surface area (Å²) in [4.78, 5) is 13.0. The van der Waals surface area contributed by atoms with Crippen molar-refractivity contribution in [3.05, 3.63) is 58.0 Å². The van der Waals surface area contributed by atoms with Crippen LogP contribution in [0.15, 0.2) is 41.8 Å². The Morgan fingerprint density at radius 3 is 2.77 bits per heavy atom. The maximum Gasteiger partial charge on any atom is 0.433 e. The molecule has 0 spiro atoms. The summed E-state index contributed by atoms with van der Waals surface area (Å²) in [6.45, 7) is 0.316. The number of nitrogens with one attached hydrogen (secondary N) is 1. The van der Waals surface area contributed by atoms with E-state index in [0.717, 1.165) is 15.5 Å². The fraction of sp³-hybridized carbons (Fsp3) is 0.143. The largest absolute Gasteiger partial charge is 0.433 e. The first kappa shape index (κ1) is 14.6. The van der Waals surface area contributed by atoms with Gasteiger partial charge >= 0.3 is 6.18 Å². The van der Waals surface area contributed by atoms with Crippen LogP contribution in [-0.2, 0) is 12.7 Å². The number of hydrogen-bond donors (Lipinski definition) is 1. The van der Waals surface area contributed by atoms with Crippen molar-refractivity contribution in [1.82, 2.24) is 14.9 Å². The Labute approximate surface area is 127 Å². The lowest BCUT2D eigenvalue weighted by molar-refractivity contribution is -0.142. The van der Waals surface area contributed by atoms with E-state index in [2.05, 4.69) is 10.4 Å². The average molecular weight is 325 g/mol. The summed E-state index contributed by atoms with van der Waals surface area (Å²) < 4.78 is 39.4. The molecule has 0 fully saturated rings. The van der Waals surface area contributed by atoms with Crippen LogP contribution in [0.3, 0.4) is 0 Å². The molecule has 0 unspecified atom stereocenters. The minimum Gasteiger partial charge on any atom is -0.346 e. The minimum atomic E-state index is -4.53. The Hall–Kier alpha value is -2.35. The molecule has 3 heterocycles. The van der Waals surface area contributed by atoms with Crippen molar-refractivity contribution in [3.63, 3.8) is 0 Å². The molecule has 0 radical (unpaired) electrons. The maximum atomic E-state index is 12.9. The van der Waals surface area contributed by atoms with Crippen molar-refractivity contribution in [3.8, 4) is 0 Å². The van der Waals surface area contributed by atoms with E-state index in [1.165, 1.54) is 29.5 Å². The SMILES string of the molecule is O=C(NCc1cccs1)c1cc2cccc(C(F)(F)F)n2n1. The lowest BCUT2D eigenvalue weighted by atomic mass is 10.3. The van der Waals surface area contributed by atoms with E-state index in [-0.39, 0.29) is 11.2 Å². The molecule has 114 valence electrons. The number of aromatic nitrogens is 2. The van der Waals surface area contributed by atoms with Gasteiger partial charge in [0.1, 0.15) is 5.69 Å². The molecule has 8 heteroatoms. The summed E-state index contributed by atoms with van der Waals surface area (Å²) in [7, 11) is 0. The molecule has 22 heavy (non-hydrogen) atoms. The van der Waals surface area contributed by atoms with E-state index >= 15 is 0 Å². The van der Waals surface area contributed by atoms with Crippen LogP contribution in [0.4, 0.5) is 13.2 Å². The van der Waals surface area contributed by atoms with Crippen molar-refractivity contribution in [2.45, 2.75) is 12.7 Å². The number of fused-ring (bicyclic) bond motifs is 1. The van der Waals surface area contributed by atoms with Crippen LogP contribution in [0, 0.1) is 0 Å². The second kappa shape index (κ2) is 5.45. The maximum absolute atomic E-state index is 12.9. The summed E-state index contributed by atoms with van der Waals surface area (Å²) in [5, 5.41) is 8.28. The molecule has 1 N–H and O–H groups in total. The normalized spacial score (nSPS) is 11.8. The van der Waals surface area contributed by atoms with E-state index in [1.54, 1.807) is 0 Å². The number of pyridine rings is 1. The van der Waals surface area contributed by atoms with Crippen LogP contribution in [0.5, 0.6) is 0 Å². The van der Waals surface area contributed by atoms with Gasteiger partial charge in [-0.25, -0.2) is 4.52 Å². The van der Waals surface area contributed by atoms with E-state index in [9.17, 15) is 18.0 Å². The predicted molar refractivity (Wildman–Crippen MR) is 75.7 cm³/mol. The summed E-state index contributed by atoms with van der Waals surface area (Å²) in [5.41, 5.74) is -0.744. The highest BCUT2D eigenvalue weighted by atomic mass is 32.1. The molecule has 0 saturated carbocycles. The number of nitrogens with zero attached hydrogens (tertiary/aromatic N) is 2. The summed E-state index contributed by atoms with van der Waals surface area (Å²) >= 11 is 1.48. The second-order valence-corrected chi connectivity index (χ2v) is 5.57. The average Bonchev–Trinajstić information content (AvgIpc) is 3.12. The molecular formula is C14H10F3N3OS. The van der Waals surface area contributed by atoms with Gasteiger partial charge in [0, 0.05) is 4.88 Å². The van der Waals surface area contributed by atoms with Gasteiger partial charge in [-0.15, -0.1) is 11.3 Å². The van der Waals surface area contributed by atoms with E-state index in [0.29, 0.717) is 6.54 Å². The highest BCUT2D eigenvalue weighted by Crippen LogP contribution is 2.29. The van der Waals surface area contributed by atoms with Crippen molar-refractivity contribution < 1.29 is 18.0 Å². The number of rotatable bonds is 3. The summed E-state index contributed by atoms with van der Waals surface area (Å²) in [6, 6.07) is 8.72. The fourth-order valence-corrected chi connectivity index (χ4v) is 2.66. The molecule has 3 aromatic rings. The molecule has 0 atom stereocenters. The zero-order chi connectivity index (χ0) is 15.7. The third-order valence-electron chi connectivity index (χ3n) is 3.01. The van der Waals surface area contributed by atoms with Gasteiger partial charge in [-0.2, -0.15) is 18.3 Å². The van der Waals surface area contributed by atoms with Crippen LogP contribution < -0.4 is 5.32 Å². The van der Waals surface area contributed by atoms with Crippen molar-refractivity contribution >= 4 is 22.8 Å². The Morgan fingerprint density at radius 2 is 2.09 bits per heavy atom. The van der Waals surface area contributed by atoms with Crippen molar-refractivity contribution in [1.29, 1.82) is 0 Å². The molecule has 3 rings (SSSR count). The third kappa shape index (κ3) is 2.82.